The minimum Gasteiger partial charge on any atom is -0.345 e. The van der Waals surface area contributed by atoms with Gasteiger partial charge in [0.25, 0.3) is 5.91 Å². The fraction of sp³-hybridized carbons (Fsp3) is 0.429. The van der Waals surface area contributed by atoms with Gasteiger partial charge in [-0.2, -0.15) is 13.2 Å². The molecule has 2 atom stereocenters. The average Bonchev–Trinajstić information content (AvgIpc) is 2.79. The number of rotatable bonds is 3. The molecule has 0 unspecified atom stereocenters. The molecule has 1 aliphatic heterocycles. The third kappa shape index (κ3) is 4.19. The summed E-state index contributed by atoms with van der Waals surface area (Å²) in [5, 5.41) is 2.40. The largest absolute Gasteiger partial charge is 0.397 e. The number of likely N-dealkylation sites (tertiary alicyclic amines) is 1. The van der Waals surface area contributed by atoms with Crippen molar-refractivity contribution in [1.82, 2.24) is 10.2 Å². The van der Waals surface area contributed by atoms with Crippen molar-refractivity contribution in [2.45, 2.75) is 24.8 Å². The van der Waals surface area contributed by atoms with E-state index in [0.717, 1.165) is 4.90 Å². The summed E-state index contributed by atoms with van der Waals surface area (Å²) in [6, 6.07) is 7.03. The van der Waals surface area contributed by atoms with E-state index in [0.29, 0.717) is 5.56 Å². The Kier molecular flexibility index (Phi) is 4.68. The van der Waals surface area contributed by atoms with Crippen LogP contribution in [0.15, 0.2) is 30.3 Å². The number of nitrogens with one attached hydrogen (secondary N) is 1. The maximum atomic E-state index is 13.8. The number of hydrogen-bond acceptors (Lipinski definition) is 2. The lowest BCUT2D eigenvalue weighted by atomic mass is 10.2. The Morgan fingerprint density at radius 2 is 1.82 bits per heavy atom. The van der Waals surface area contributed by atoms with Gasteiger partial charge >= 0.3 is 6.18 Å². The Labute approximate surface area is 124 Å². The maximum absolute atomic E-state index is 13.8. The van der Waals surface area contributed by atoms with Crippen LogP contribution in [0.25, 0.3) is 0 Å². The lowest BCUT2D eigenvalue weighted by Gasteiger charge is -2.17. The monoisotopic (exact) mass is 318 g/mol. The van der Waals surface area contributed by atoms with Crippen molar-refractivity contribution in [3.63, 3.8) is 0 Å². The summed E-state index contributed by atoms with van der Waals surface area (Å²) in [6.45, 7) is -0.719. The van der Waals surface area contributed by atoms with Gasteiger partial charge in [-0.25, -0.2) is 4.39 Å². The van der Waals surface area contributed by atoms with E-state index in [1.54, 1.807) is 18.2 Å². The van der Waals surface area contributed by atoms with Crippen LogP contribution in [0.3, 0.4) is 0 Å². The zero-order valence-electron chi connectivity index (χ0n) is 11.4. The van der Waals surface area contributed by atoms with Gasteiger partial charge < -0.3 is 10.2 Å². The predicted molar refractivity (Wildman–Crippen MR) is 69.8 cm³/mol. The van der Waals surface area contributed by atoms with Crippen molar-refractivity contribution >= 4 is 11.8 Å². The molecule has 1 aromatic rings. The molecule has 1 aromatic carbocycles. The normalized spacial score (nSPS) is 21.7. The Bertz CT molecular complexity index is 548. The van der Waals surface area contributed by atoms with Crippen molar-refractivity contribution in [1.29, 1.82) is 0 Å². The van der Waals surface area contributed by atoms with E-state index in [4.69, 9.17) is 0 Å². The molecule has 0 aliphatic carbocycles. The van der Waals surface area contributed by atoms with Crippen LogP contribution in [0.1, 0.15) is 16.8 Å². The summed E-state index contributed by atoms with van der Waals surface area (Å²) < 4.78 is 50.3. The number of carbonyl (C=O) groups excluding carboxylic acids is 2. The van der Waals surface area contributed by atoms with Crippen molar-refractivity contribution in [3.8, 4) is 0 Å². The highest BCUT2D eigenvalue weighted by atomic mass is 19.4. The quantitative estimate of drug-likeness (QED) is 0.866. The van der Waals surface area contributed by atoms with Crippen LogP contribution in [-0.4, -0.2) is 48.2 Å². The molecule has 0 saturated carbocycles. The molecule has 1 saturated heterocycles. The van der Waals surface area contributed by atoms with Gasteiger partial charge in [0.15, 0.2) is 0 Å². The van der Waals surface area contributed by atoms with E-state index in [9.17, 15) is 27.2 Å². The standard InChI is InChI=1S/C14H14F4N2O2/c15-10-7-20(12(21)6-14(16,17)18)8-11(10)19-13(22)9-4-2-1-3-5-9/h1-5,10-11H,6-8H2,(H,19,22)/t10-,11+/m0/s1. The van der Waals surface area contributed by atoms with Crippen LogP contribution < -0.4 is 5.32 Å². The van der Waals surface area contributed by atoms with Gasteiger partial charge in [0, 0.05) is 12.1 Å². The van der Waals surface area contributed by atoms with Crippen molar-refractivity contribution < 1.29 is 27.2 Å². The Hall–Kier alpha value is -2.12. The second-order valence-corrected chi connectivity index (χ2v) is 5.05. The molecule has 0 spiro atoms. The number of amides is 2. The van der Waals surface area contributed by atoms with E-state index in [1.165, 1.54) is 12.1 Å². The third-order valence-corrected chi connectivity index (χ3v) is 3.31. The number of alkyl halides is 4. The minimum absolute atomic E-state index is 0.269. The SMILES string of the molecule is O=C(N[C@@H]1CN(C(=O)CC(F)(F)F)C[C@@H]1F)c1ccccc1. The first-order valence-electron chi connectivity index (χ1n) is 6.61. The zero-order valence-corrected chi connectivity index (χ0v) is 11.4. The third-order valence-electron chi connectivity index (χ3n) is 3.31. The zero-order chi connectivity index (χ0) is 16.3. The molecule has 0 radical (unpaired) electrons. The van der Waals surface area contributed by atoms with Crippen molar-refractivity contribution in [3.05, 3.63) is 35.9 Å². The summed E-state index contributed by atoms with van der Waals surface area (Å²) in [5.74, 6) is -1.72. The second-order valence-electron chi connectivity index (χ2n) is 5.05. The molecule has 1 heterocycles. The highest BCUT2D eigenvalue weighted by Gasteiger charge is 2.40. The summed E-state index contributed by atoms with van der Waals surface area (Å²) in [4.78, 5) is 24.1. The molecule has 4 nitrogen and oxygen atoms in total. The first kappa shape index (κ1) is 16.3. The summed E-state index contributed by atoms with van der Waals surface area (Å²) in [6.07, 6.45) is -7.85. The molecule has 22 heavy (non-hydrogen) atoms. The molecule has 1 fully saturated rings. The fourth-order valence-electron chi connectivity index (χ4n) is 2.23. The smallest absolute Gasteiger partial charge is 0.345 e. The van der Waals surface area contributed by atoms with Gasteiger partial charge in [0.2, 0.25) is 5.91 Å². The summed E-state index contributed by atoms with van der Waals surface area (Å²) >= 11 is 0. The Morgan fingerprint density at radius 1 is 1.18 bits per heavy atom. The van der Waals surface area contributed by atoms with E-state index < -0.39 is 43.2 Å². The van der Waals surface area contributed by atoms with Crippen LogP contribution in [-0.2, 0) is 4.79 Å². The molecule has 0 bridgehead atoms. The molecule has 2 rings (SSSR count). The average molecular weight is 318 g/mol. The molecule has 8 heteroatoms. The Morgan fingerprint density at radius 3 is 2.41 bits per heavy atom. The van der Waals surface area contributed by atoms with Crippen LogP contribution in [0.4, 0.5) is 17.6 Å². The van der Waals surface area contributed by atoms with Gasteiger partial charge in [0.05, 0.1) is 12.6 Å². The first-order chi connectivity index (χ1) is 10.3. The molecule has 120 valence electrons. The lowest BCUT2D eigenvalue weighted by Crippen LogP contribution is -2.42. The van der Waals surface area contributed by atoms with Crippen molar-refractivity contribution in [2.24, 2.45) is 0 Å². The van der Waals surface area contributed by atoms with Gasteiger partial charge in [-0.15, -0.1) is 0 Å². The number of benzene rings is 1. The van der Waals surface area contributed by atoms with Crippen LogP contribution in [0, 0.1) is 0 Å². The van der Waals surface area contributed by atoms with Gasteiger partial charge in [0.1, 0.15) is 12.6 Å². The van der Waals surface area contributed by atoms with Crippen molar-refractivity contribution in [2.75, 3.05) is 13.1 Å². The van der Waals surface area contributed by atoms with Crippen LogP contribution >= 0.6 is 0 Å². The lowest BCUT2D eigenvalue weighted by molar-refractivity contribution is -0.160. The molecule has 0 aromatic heterocycles. The number of halogens is 4. The van der Waals surface area contributed by atoms with Crippen LogP contribution in [0.5, 0.6) is 0 Å². The minimum atomic E-state index is -4.63. The van der Waals surface area contributed by atoms with Gasteiger partial charge in [-0.05, 0) is 12.1 Å². The summed E-state index contributed by atoms with van der Waals surface area (Å²) in [7, 11) is 0. The fourth-order valence-corrected chi connectivity index (χ4v) is 2.23. The first-order valence-corrected chi connectivity index (χ1v) is 6.61. The molecule has 1 aliphatic rings. The van der Waals surface area contributed by atoms with E-state index >= 15 is 0 Å². The topological polar surface area (TPSA) is 49.4 Å². The van der Waals surface area contributed by atoms with Crippen LogP contribution in [0.2, 0.25) is 0 Å². The highest BCUT2D eigenvalue weighted by Crippen LogP contribution is 2.23. The number of nitrogens with zero attached hydrogens (tertiary/aromatic N) is 1. The Balaban J connectivity index is 1.94. The second kappa shape index (κ2) is 6.33. The highest BCUT2D eigenvalue weighted by molar-refractivity contribution is 5.94. The number of hydrogen-bond donors (Lipinski definition) is 1. The van der Waals surface area contributed by atoms with E-state index in [2.05, 4.69) is 5.32 Å². The molecular formula is C14H14F4N2O2. The maximum Gasteiger partial charge on any atom is 0.397 e. The van der Waals surface area contributed by atoms with Gasteiger partial charge in [-0.3, -0.25) is 9.59 Å². The van der Waals surface area contributed by atoms with E-state index in [1.807, 2.05) is 0 Å². The number of carbonyl (C=O) groups is 2. The molecular weight excluding hydrogens is 304 g/mol. The molecule has 1 N–H and O–H groups in total. The summed E-state index contributed by atoms with van der Waals surface area (Å²) in [5.41, 5.74) is 0.315. The van der Waals surface area contributed by atoms with E-state index in [-0.39, 0.29) is 6.54 Å². The molecule has 2 amide bonds. The van der Waals surface area contributed by atoms with Gasteiger partial charge in [-0.1, -0.05) is 18.2 Å². The predicted octanol–water partition coefficient (Wildman–Crippen LogP) is 1.92.